The molecule has 0 unspecified atom stereocenters. The number of hydrogen-bond donors (Lipinski definition) is 3. The van der Waals surface area contributed by atoms with Crippen LogP contribution < -0.4 is 5.48 Å². The maximum absolute atomic E-state index is 10.5. The molecule has 1 heterocycles. The Bertz CT molecular complexity index is 206. The molecule has 1 aromatic heterocycles. The van der Waals surface area contributed by atoms with Gasteiger partial charge in [-0.15, -0.1) is 0 Å². The number of carbonyl (C=O) groups is 1. The van der Waals surface area contributed by atoms with Crippen molar-refractivity contribution < 1.29 is 10.0 Å². The first-order valence-electron chi connectivity index (χ1n) is 2.87. The zero-order valence-electron chi connectivity index (χ0n) is 5.29. The van der Waals surface area contributed by atoms with Gasteiger partial charge in [0.1, 0.15) is 0 Å². The maximum atomic E-state index is 10.5. The lowest BCUT2D eigenvalue weighted by Gasteiger charge is -1.92. The highest BCUT2D eigenvalue weighted by molar-refractivity contribution is 5.77. The number of hydroxylamine groups is 1. The van der Waals surface area contributed by atoms with E-state index in [-0.39, 0.29) is 6.42 Å². The first-order chi connectivity index (χ1) is 4.83. The zero-order chi connectivity index (χ0) is 7.40. The number of aromatic nitrogens is 1. The van der Waals surface area contributed by atoms with E-state index in [0.29, 0.717) is 0 Å². The van der Waals surface area contributed by atoms with Crippen LogP contribution in [0.1, 0.15) is 5.56 Å². The molecule has 1 rings (SSSR count). The SMILES string of the molecule is O=C(Cc1cc[nH]c1)NO. The summed E-state index contributed by atoms with van der Waals surface area (Å²) in [6, 6.07) is 1.77. The minimum absolute atomic E-state index is 0.208. The van der Waals surface area contributed by atoms with E-state index in [9.17, 15) is 4.79 Å². The lowest BCUT2D eigenvalue weighted by atomic mass is 10.2. The fraction of sp³-hybridized carbons (Fsp3) is 0.167. The van der Waals surface area contributed by atoms with Crippen molar-refractivity contribution in [1.29, 1.82) is 0 Å². The Morgan fingerprint density at radius 2 is 2.60 bits per heavy atom. The fourth-order valence-corrected chi connectivity index (χ4v) is 0.693. The molecular weight excluding hydrogens is 132 g/mol. The normalized spacial score (nSPS) is 9.30. The highest BCUT2D eigenvalue weighted by atomic mass is 16.5. The van der Waals surface area contributed by atoms with E-state index in [1.54, 1.807) is 23.9 Å². The van der Waals surface area contributed by atoms with Crippen LogP contribution >= 0.6 is 0 Å². The summed E-state index contributed by atoms with van der Waals surface area (Å²) in [6.45, 7) is 0. The van der Waals surface area contributed by atoms with Crippen LogP contribution in [0.4, 0.5) is 0 Å². The van der Waals surface area contributed by atoms with E-state index in [1.807, 2.05) is 0 Å². The van der Waals surface area contributed by atoms with Crippen LogP contribution in [0.2, 0.25) is 0 Å². The summed E-state index contributed by atoms with van der Waals surface area (Å²) >= 11 is 0. The summed E-state index contributed by atoms with van der Waals surface area (Å²) in [5.74, 6) is -0.403. The molecule has 10 heavy (non-hydrogen) atoms. The molecule has 0 saturated carbocycles. The molecule has 3 N–H and O–H groups in total. The van der Waals surface area contributed by atoms with Crippen LogP contribution in [0.5, 0.6) is 0 Å². The number of carbonyl (C=O) groups excluding carboxylic acids is 1. The van der Waals surface area contributed by atoms with Gasteiger partial charge >= 0.3 is 0 Å². The van der Waals surface area contributed by atoms with E-state index < -0.39 is 5.91 Å². The third kappa shape index (κ3) is 1.60. The van der Waals surface area contributed by atoms with Gasteiger partial charge in [0.05, 0.1) is 6.42 Å². The number of nitrogens with one attached hydrogen (secondary N) is 2. The van der Waals surface area contributed by atoms with Crippen molar-refractivity contribution in [2.45, 2.75) is 6.42 Å². The first-order valence-corrected chi connectivity index (χ1v) is 2.87. The molecule has 54 valence electrons. The Kier molecular flexibility index (Phi) is 2.07. The predicted molar refractivity (Wildman–Crippen MR) is 34.4 cm³/mol. The van der Waals surface area contributed by atoms with Crippen molar-refractivity contribution in [3.63, 3.8) is 0 Å². The fourth-order valence-electron chi connectivity index (χ4n) is 0.693. The lowest BCUT2D eigenvalue weighted by Crippen LogP contribution is -2.20. The van der Waals surface area contributed by atoms with Crippen molar-refractivity contribution in [2.24, 2.45) is 0 Å². The van der Waals surface area contributed by atoms with Gasteiger partial charge < -0.3 is 4.98 Å². The van der Waals surface area contributed by atoms with Crippen LogP contribution in [0.15, 0.2) is 18.5 Å². The highest BCUT2D eigenvalue weighted by Gasteiger charge is 1.99. The second-order valence-electron chi connectivity index (χ2n) is 1.93. The van der Waals surface area contributed by atoms with Gasteiger partial charge in [-0.1, -0.05) is 0 Å². The number of rotatable bonds is 2. The monoisotopic (exact) mass is 140 g/mol. The lowest BCUT2D eigenvalue weighted by molar-refractivity contribution is -0.128. The Hall–Kier alpha value is -1.29. The Morgan fingerprint density at radius 3 is 3.10 bits per heavy atom. The third-order valence-corrected chi connectivity index (χ3v) is 1.15. The highest BCUT2D eigenvalue weighted by Crippen LogP contribution is 1.96. The van der Waals surface area contributed by atoms with Crippen LogP contribution in [-0.4, -0.2) is 16.1 Å². The van der Waals surface area contributed by atoms with Crippen molar-refractivity contribution in [3.8, 4) is 0 Å². The molecule has 0 radical (unpaired) electrons. The Morgan fingerprint density at radius 1 is 1.80 bits per heavy atom. The van der Waals surface area contributed by atoms with Gasteiger partial charge in [-0.25, -0.2) is 5.48 Å². The average molecular weight is 140 g/mol. The number of hydrogen-bond acceptors (Lipinski definition) is 2. The predicted octanol–water partition coefficient (Wildman–Crippen LogP) is 0.0626. The first kappa shape index (κ1) is 6.82. The molecule has 0 bridgehead atoms. The molecule has 4 heteroatoms. The molecule has 1 amide bonds. The second kappa shape index (κ2) is 3.03. The van der Waals surface area contributed by atoms with Gasteiger partial charge in [-0.2, -0.15) is 0 Å². The van der Waals surface area contributed by atoms with Crippen molar-refractivity contribution in [3.05, 3.63) is 24.0 Å². The van der Waals surface area contributed by atoms with E-state index in [1.165, 1.54) is 0 Å². The molecule has 0 aliphatic carbocycles. The van der Waals surface area contributed by atoms with Gasteiger partial charge in [-0.3, -0.25) is 10.0 Å². The van der Waals surface area contributed by atoms with Crippen LogP contribution in [0, 0.1) is 0 Å². The number of amides is 1. The molecule has 1 aromatic rings. The topological polar surface area (TPSA) is 65.1 Å². The summed E-state index contributed by atoms with van der Waals surface area (Å²) < 4.78 is 0. The summed E-state index contributed by atoms with van der Waals surface area (Å²) in [6.07, 6.45) is 3.63. The van der Waals surface area contributed by atoms with Gasteiger partial charge in [0, 0.05) is 12.4 Å². The third-order valence-electron chi connectivity index (χ3n) is 1.15. The Labute approximate surface area is 57.8 Å². The number of aromatic amines is 1. The summed E-state index contributed by atoms with van der Waals surface area (Å²) in [5, 5.41) is 8.12. The van der Waals surface area contributed by atoms with Crippen molar-refractivity contribution in [1.82, 2.24) is 10.5 Å². The average Bonchev–Trinajstić information content (AvgIpc) is 2.40. The van der Waals surface area contributed by atoms with Crippen molar-refractivity contribution in [2.75, 3.05) is 0 Å². The quantitative estimate of drug-likeness (QED) is 0.402. The molecule has 0 aromatic carbocycles. The maximum Gasteiger partial charge on any atom is 0.247 e. The standard InChI is InChI=1S/C6H8N2O2/c9-6(8-10)3-5-1-2-7-4-5/h1-2,4,7,10H,3H2,(H,8,9). The number of H-pyrrole nitrogens is 1. The van der Waals surface area contributed by atoms with Crippen molar-refractivity contribution >= 4 is 5.91 Å². The summed E-state index contributed by atoms with van der Waals surface area (Å²) in [7, 11) is 0. The largest absolute Gasteiger partial charge is 0.367 e. The molecule has 0 spiro atoms. The zero-order valence-corrected chi connectivity index (χ0v) is 5.29. The minimum Gasteiger partial charge on any atom is -0.367 e. The molecule has 0 atom stereocenters. The van der Waals surface area contributed by atoms with E-state index in [4.69, 9.17) is 5.21 Å². The molecular formula is C6H8N2O2. The van der Waals surface area contributed by atoms with Crippen LogP contribution in [0.3, 0.4) is 0 Å². The van der Waals surface area contributed by atoms with Gasteiger partial charge in [0.2, 0.25) is 5.91 Å². The van der Waals surface area contributed by atoms with Gasteiger partial charge in [0.25, 0.3) is 0 Å². The molecule has 0 fully saturated rings. The van der Waals surface area contributed by atoms with Crippen LogP contribution in [0.25, 0.3) is 0 Å². The van der Waals surface area contributed by atoms with Gasteiger partial charge in [-0.05, 0) is 11.6 Å². The minimum atomic E-state index is -0.403. The Balaban J connectivity index is 2.48. The smallest absolute Gasteiger partial charge is 0.247 e. The molecule has 4 nitrogen and oxygen atoms in total. The summed E-state index contributed by atoms with van der Waals surface area (Å²) in [5.41, 5.74) is 2.40. The molecule has 0 aliphatic rings. The summed E-state index contributed by atoms with van der Waals surface area (Å²) in [4.78, 5) is 13.3. The van der Waals surface area contributed by atoms with E-state index >= 15 is 0 Å². The van der Waals surface area contributed by atoms with E-state index in [2.05, 4.69) is 4.98 Å². The second-order valence-corrected chi connectivity index (χ2v) is 1.93. The van der Waals surface area contributed by atoms with Gasteiger partial charge in [0.15, 0.2) is 0 Å². The molecule has 0 aliphatic heterocycles. The molecule has 0 saturated heterocycles. The van der Waals surface area contributed by atoms with E-state index in [0.717, 1.165) is 5.56 Å². The van der Waals surface area contributed by atoms with Crippen LogP contribution in [-0.2, 0) is 11.2 Å².